The van der Waals surface area contributed by atoms with Crippen LogP contribution in [0.5, 0.6) is 5.75 Å². The SMILES string of the molecule is O=C(O)Oc1cnc(Br)nc1Br. The van der Waals surface area contributed by atoms with Crippen LogP contribution in [0.3, 0.4) is 0 Å². The summed E-state index contributed by atoms with van der Waals surface area (Å²) in [5, 5.41) is 8.25. The van der Waals surface area contributed by atoms with E-state index in [4.69, 9.17) is 5.11 Å². The zero-order chi connectivity index (χ0) is 9.14. The maximum Gasteiger partial charge on any atom is 0.511 e. The van der Waals surface area contributed by atoms with Gasteiger partial charge in [0.1, 0.15) is 0 Å². The van der Waals surface area contributed by atoms with Crippen LogP contribution < -0.4 is 4.74 Å². The number of hydrogen-bond acceptors (Lipinski definition) is 4. The summed E-state index contributed by atoms with van der Waals surface area (Å²) in [5.41, 5.74) is 0. The van der Waals surface area contributed by atoms with Gasteiger partial charge in [0.15, 0.2) is 15.1 Å². The molecule has 1 rings (SSSR count). The molecule has 64 valence electrons. The molecule has 0 radical (unpaired) electrons. The van der Waals surface area contributed by atoms with Gasteiger partial charge in [0.2, 0.25) is 0 Å². The first-order valence-electron chi connectivity index (χ1n) is 2.68. The van der Waals surface area contributed by atoms with Crippen molar-refractivity contribution in [3.63, 3.8) is 0 Å². The van der Waals surface area contributed by atoms with E-state index in [-0.39, 0.29) is 10.4 Å². The third-order valence-corrected chi connectivity index (χ3v) is 1.83. The van der Waals surface area contributed by atoms with E-state index in [9.17, 15) is 4.79 Å². The van der Waals surface area contributed by atoms with Crippen LogP contribution in [0.1, 0.15) is 0 Å². The molecule has 0 aliphatic rings. The van der Waals surface area contributed by atoms with Crippen LogP contribution in [0.2, 0.25) is 0 Å². The highest BCUT2D eigenvalue weighted by molar-refractivity contribution is 9.11. The van der Waals surface area contributed by atoms with Crippen molar-refractivity contribution >= 4 is 38.0 Å². The summed E-state index contributed by atoms with van der Waals surface area (Å²) in [7, 11) is 0. The Hall–Kier alpha value is -0.690. The fraction of sp³-hybridized carbons (Fsp3) is 0. The number of carboxylic acid groups (broad SMARTS) is 1. The van der Waals surface area contributed by atoms with Gasteiger partial charge < -0.3 is 9.84 Å². The molecule has 0 aromatic carbocycles. The van der Waals surface area contributed by atoms with Gasteiger partial charge >= 0.3 is 6.16 Å². The molecule has 0 atom stereocenters. The summed E-state index contributed by atoms with van der Waals surface area (Å²) in [6.07, 6.45) is -0.156. The van der Waals surface area contributed by atoms with Crippen LogP contribution in [0.15, 0.2) is 15.5 Å². The third kappa shape index (κ3) is 2.42. The lowest BCUT2D eigenvalue weighted by Gasteiger charge is -2.00. The molecule has 0 aliphatic carbocycles. The average Bonchev–Trinajstić information content (AvgIpc) is 1.94. The molecule has 0 amide bonds. The summed E-state index contributed by atoms with van der Waals surface area (Å²) < 4.78 is 4.96. The molecule has 7 heteroatoms. The van der Waals surface area contributed by atoms with Crippen molar-refractivity contribution in [3.8, 4) is 5.75 Å². The van der Waals surface area contributed by atoms with Crippen molar-refractivity contribution < 1.29 is 14.6 Å². The van der Waals surface area contributed by atoms with Crippen molar-refractivity contribution in [1.29, 1.82) is 0 Å². The predicted octanol–water partition coefficient (Wildman–Crippen LogP) is 2.06. The van der Waals surface area contributed by atoms with Crippen molar-refractivity contribution in [2.45, 2.75) is 0 Å². The molecule has 0 spiro atoms. The number of hydrogen-bond donors (Lipinski definition) is 1. The van der Waals surface area contributed by atoms with Crippen molar-refractivity contribution in [2.24, 2.45) is 0 Å². The summed E-state index contributed by atoms with van der Waals surface area (Å²) in [6.45, 7) is 0. The van der Waals surface area contributed by atoms with Crippen LogP contribution >= 0.6 is 31.9 Å². The monoisotopic (exact) mass is 296 g/mol. The normalized spacial score (nSPS) is 9.50. The predicted molar refractivity (Wildman–Crippen MR) is 46.1 cm³/mol. The molecule has 0 saturated carbocycles. The van der Waals surface area contributed by atoms with E-state index in [1.807, 2.05) is 0 Å². The van der Waals surface area contributed by atoms with Crippen LogP contribution in [-0.2, 0) is 0 Å². The molecule has 0 bridgehead atoms. The summed E-state index contributed by atoms with van der Waals surface area (Å²) in [5.74, 6) is 0.0608. The zero-order valence-electron chi connectivity index (χ0n) is 5.49. The van der Waals surface area contributed by atoms with Gasteiger partial charge in [-0.2, -0.15) is 0 Å². The highest BCUT2D eigenvalue weighted by Gasteiger charge is 2.07. The fourth-order valence-electron chi connectivity index (χ4n) is 0.493. The van der Waals surface area contributed by atoms with Gasteiger partial charge in [-0.3, -0.25) is 0 Å². The van der Waals surface area contributed by atoms with E-state index in [2.05, 4.69) is 46.6 Å². The van der Waals surface area contributed by atoms with Gasteiger partial charge in [0.05, 0.1) is 6.20 Å². The molecule has 0 saturated heterocycles. The number of ether oxygens (including phenoxy) is 1. The summed E-state index contributed by atoms with van der Waals surface area (Å²) in [4.78, 5) is 17.5. The maximum atomic E-state index is 10.1. The van der Waals surface area contributed by atoms with E-state index in [0.717, 1.165) is 0 Å². The number of aromatic nitrogens is 2. The van der Waals surface area contributed by atoms with Crippen molar-refractivity contribution in [3.05, 3.63) is 15.5 Å². The fourth-order valence-corrected chi connectivity index (χ4v) is 1.36. The maximum absolute atomic E-state index is 10.1. The molecule has 1 aromatic rings. The average molecular weight is 298 g/mol. The lowest BCUT2D eigenvalue weighted by Crippen LogP contribution is -2.04. The molecule has 1 aromatic heterocycles. The lowest BCUT2D eigenvalue weighted by atomic mass is 10.6. The molecule has 0 aliphatic heterocycles. The van der Waals surface area contributed by atoms with Gasteiger partial charge in [-0.15, -0.1) is 0 Å². The second kappa shape index (κ2) is 3.81. The van der Waals surface area contributed by atoms with E-state index >= 15 is 0 Å². The Morgan fingerprint density at radius 2 is 2.25 bits per heavy atom. The van der Waals surface area contributed by atoms with E-state index in [0.29, 0.717) is 4.73 Å². The zero-order valence-corrected chi connectivity index (χ0v) is 8.66. The minimum atomic E-state index is -1.40. The standard InChI is InChI=1S/C5H2Br2N2O3/c6-3-2(12-5(10)11)1-8-4(7)9-3/h1H,(H,10,11). The van der Waals surface area contributed by atoms with E-state index in [1.165, 1.54) is 6.20 Å². The van der Waals surface area contributed by atoms with Crippen LogP contribution in [0, 0.1) is 0 Å². The van der Waals surface area contributed by atoms with Gasteiger partial charge in [0.25, 0.3) is 0 Å². The first-order chi connectivity index (χ1) is 5.59. The summed E-state index contributed by atoms with van der Waals surface area (Å²) >= 11 is 6.01. The highest BCUT2D eigenvalue weighted by Crippen LogP contribution is 2.22. The van der Waals surface area contributed by atoms with Crippen LogP contribution in [0.25, 0.3) is 0 Å². The molecule has 12 heavy (non-hydrogen) atoms. The van der Waals surface area contributed by atoms with Crippen molar-refractivity contribution in [2.75, 3.05) is 0 Å². The van der Waals surface area contributed by atoms with Crippen LogP contribution in [-0.4, -0.2) is 21.2 Å². The molecular weight excluding hydrogens is 296 g/mol. The van der Waals surface area contributed by atoms with Gasteiger partial charge in [-0.1, -0.05) is 0 Å². The number of rotatable bonds is 1. The van der Waals surface area contributed by atoms with E-state index in [1.54, 1.807) is 0 Å². The third-order valence-electron chi connectivity index (χ3n) is 0.879. The Morgan fingerprint density at radius 3 is 2.75 bits per heavy atom. The van der Waals surface area contributed by atoms with Crippen molar-refractivity contribution in [1.82, 2.24) is 9.97 Å². The minimum Gasteiger partial charge on any atom is -0.449 e. The van der Waals surface area contributed by atoms with Crippen LogP contribution in [0.4, 0.5) is 4.79 Å². The van der Waals surface area contributed by atoms with Gasteiger partial charge in [0, 0.05) is 0 Å². The smallest absolute Gasteiger partial charge is 0.449 e. The van der Waals surface area contributed by atoms with Gasteiger partial charge in [-0.05, 0) is 31.9 Å². The molecular formula is C5H2Br2N2O3. The first-order valence-corrected chi connectivity index (χ1v) is 4.27. The minimum absolute atomic E-state index is 0.0608. The molecule has 0 fully saturated rings. The number of carbonyl (C=O) groups is 1. The second-order valence-electron chi connectivity index (χ2n) is 1.66. The largest absolute Gasteiger partial charge is 0.511 e. The molecule has 1 heterocycles. The first kappa shape index (κ1) is 9.40. The Kier molecular flexibility index (Phi) is 2.99. The highest BCUT2D eigenvalue weighted by atomic mass is 79.9. The quantitative estimate of drug-likeness (QED) is 0.488. The molecule has 0 unspecified atom stereocenters. The Labute approximate surface area is 84.0 Å². The Morgan fingerprint density at radius 1 is 1.58 bits per heavy atom. The molecule has 5 nitrogen and oxygen atoms in total. The second-order valence-corrected chi connectivity index (χ2v) is 3.12. The summed E-state index contributed by atoms with van der Waals surface area (Å²) in [6, 6.07) is 0. The van der Waals surface area contributed by atoms with E-state index < -0.39 is 6.16 Å². The number of nitrogens with zero attached hydrogens (tertiary/aromatic N) is 2. The number of halogens is 2. The topological polar surface area (TPSA) is 72.3 Å². The van der Waals surface area contributed by atoms with Gasteiger partial charge in [-0.25, -0.2) is 14.8 Å². The Balaban J connectivity index is 2.93. The Bertz CT molecular complexity index is 318. The lowest BCUT2D eigenvalue weighted by molar-refractivity contribution is 0.143. The molecule has 1 N–H and O–H groups in total.